The topological polar surface area (TPSA) is 70.2 Å². The largest absolute Gasteiger partial charge is 0.352 e. The van der Waals surface area contributed by atoms with Crippen LogP contribution in [-0.4, -0.2) is 30.9 Å². The zero-order chi connectivity index (χ0) is 14.5. The summed E-state index contributed by atoms with van der Waals surface area (Å²) in [4.78, 5) is 23.8. The summed E-state index contributed by atoms with van der Waals surface area (Å²) in [7, 11) is 0. The fourth-order valence-electron chi connectivity index (χ4n) is 2.34. The Kier molecular flexibility index (Phi) is 4.74. The summed E-state index contributed by atoms with van der Waals surface area (Å²) < 4.78 is 0. The first-order chi connectivity index (χ1) is 9.61. The van der Waals surface area contributed by atoms with Gasteiger partial charge in [-0.15, -0.1) is 0 Å². The molecule has 0 bridgehead atoms. The molecule has 1 atom stereocenters. The monoisotopic (exact) mass is 275 g/mol. The van der Waals surface area contributed by atoms with Gasteiger partial charge in [0.1, 0.15) is 0 Å². The molecule has 1 saturated heterocycles. The van der Waals surface area contributed by atoms with Crippen LogP contribution in [0.15, 0.2) is 18.2 Å². The predicted octanol–water partition coefficient (Wildman–Crippen LogP) is 1.44. The molecule has 5 heteroatoms. The Balaban J connectivity index is 2.05. The third-order valence-corrected chi connectivity index (χ3v) is 3.46. The van der Waals surface area contributed by atoms with Crippen molar-refractivity contribution in [2.45, 2.75) is 32.7 Å². The Morgan fingerprint density at radius 3 is 2.80 bits per heavy atom. The Bertz CT molecular complexity index is 508. The normalized spacial score (nSPS) is 17.8. The molecule has 1 aliphatic rings. The van der Waals surface area contributed by atoms with Gasteiger partial charge in [0.15, 0.2) is 0 Å². The number of aryl methyl sites for hydroxylation is 1. The molecular formula is C15H21N3O2. The number of carbonyl (C=O) groups excluding carboxylic acids is 2. The molecule has 1 aliphatic heterocycles. The number of rotatable bonds is 4. The molecule has 1 aromatic carbocycles. The lowest BCUT2D eigenvalue weighted by Gasteiger charge is -2.13. The first-order valence-electron chi connectivity index (χ1n) is 7.05. The minimum Gasteiger partial charge on any atom is -0.352 e. The minimum atomic E-state index is -0.0996. The molecule has 0 saturated carbocycles. The van der Waals surface area contributed by atoms with Gasteiger partial charge in [0.2, 0.25) is 5.91 Å². The zero-order valence-corrected chi connectivity index (χ0v) is 12.0. The molecule has 0 radical (unpaired) electrons. The molecule has 20 heavy (non-hydrogen) atoms. The van der Waals surface area contributed by atoms with E-state index >= 15 is 0 Å². The summed E-state index contributed by atoms with van der Waals surface area (Å²) in [6.45, 7) is 5.27. The van der Waals surface area contributed by atoms with Gasteiger partial charge in [0.05, 0.1) is 6.04 Å². The fraction of sp³-hybridized carbons (Fsp3) is 0.467. The third-order valence-electron chi connectivity index (χ3n) is 3.46. The average molecular weight is 275 g/mol. The van der Waals surface area contributed by atoms with Gasteiger partial charge >= 0.3 is 0 Å². The molecule has 2 rings (SSSR count). The van der Waals surface area contributed by atoms with E-state index < -0.39 is 0 Å². The fourth-order valence-corrected chi connectivity index (χ4v) is 2.34. The van der Waals surface area contributed by atoms with E-state index in [1.165, 1.54) is 0 Å². The number of nitrogens with one attached hydrogen (secondary N) is 3. The van der Waals surface area contributed by atoms with Gasteiger partial charge in [-0.25, -0.2) is 0 Å². The van der Waals surface area contributed by atoms with Crippen LogP contribution in [0.5, 0.6) is 0 Å². The van der Waals surface area contributed by atoms with Crippen LogP contribution in [0.1, 0.15) is 35.7 Å². The van der Waals surface area contributed by atoms with Crippen molar-refractivity contribution < 1.29 is 9.59 Å². The van der Waals surface area contributed by atoms with Crippen LogP contribution in [-0.2, 0) is 4.79 Å². The van der Waals surface area contributed by atoms with E-state index in [-0.39, 0.29) is 17.9 Å². The molecule has 1 aromatic rings. The van der Waals surface area contributed by atoms with Gasteiger partial charge < -0.3 is 16.0 Å². The number of hydrogen-bond acceptors (Lipinski definition) is 3. The molecule has 3 N–H and O–H groups in total. The smallest absolute Gasteiger partial charge is 0.251 e. The Morgan fingerprint density at radius 1 is 1.40 bits per heavy atom. The summed E-state index contributed by atoms with van der Waals surface area (Å²) in [5.41, 5.74) is 2.26. The minimum absolute atomic E-state index is 0.00337. The maximum absolute atomic E-state index is 12.0. The van der Waals surface area contributed by atoms with Crippen molar-refractivity contribution in [1.82, 2.24) is 10.6 Å². The summed E-state index contributed by atoms with van der Waals surface area (Å²) >= 11 is 0. The highest BCUT2D eigenvalue weighted by molar-refractivity contribution is 5.98. The first-order valence-corrected chi connectivity index (χ1v) is 7.05. The van der Waals surface area contributed by atoms with Crippen LogP contribution in [0.4, 0.5) is 5.69 Å². The van der Waals surface area contributed by atoms with E-state index in [1.54, 1.807) is 18.2 Å². The molecule has 2 amide bonds. The van der Waals surface area contributed by atoms with Crippen LogP contribution < -0.4 is 16.0 Å². The van der Waals surface area contributed by atoms with Crippen LogP contribution >= 0.6 is 0 Å². The third kappa shape index (κ3) is 3.36. The maximum Gasteiger partial charge on any atom is 0.251 e. The van der Waals surface area contributed by atoms with Crippen LogP contribution in [0.2, 0.25) is 0 Å². The van der Waals surface area contributed by atoms with E-state index in [1.807, 2.05) is 13.8 Å². The van der Waals surface area contributed by atoms with Crippen molar-refractivity contribution >= 4 is 17.5 Å². The van der Waals surface area contributed by atoms with E-state index in [4.69, 9.17) is 0 Å². The van der Waals surface area contributed by atoms with E-state index in [0.717, 1.165) is 30.6 Å². The van der Waals surface area contributed by atoms with Gasteiger partial charge in [0.25, 0.3) is 5.91 Å². The molecule has 0 aliphatic carbocycles. The Labute approximate surface area is 119 Å². The van der Waals surface area contributed by atoms with Gasteiger partial charge in [0, 0.05) is 17.8 Å². The van der Waals surface area contributed by atoms with Crippen molar-refractivity contribution in [3.8, 4) is 0 Å². The SMILES string of the molecule is CCNC(=O)c1ccc(NC(=O)[C@H]2CCCN2)c(C)c1. The first kappa shape index (κ1) is 14.5. The maximum atomic E-state index is 12.0. The van der Waals surface area contributed by atoms with Crippen LogP contribution in [0, 0.1) is 6.92 Å². The number of carbonyl (C=O) groups is 2. The quantitative estimate of drug-likeness (QED) is 0.778. The summed E-state index contributed by atoms with van der Waals surface area (Å²) in [5.74, 6) is -0.0951. The van der Waals surface area contributed by atoms with Crippen molar-refractivity contribution in [3.05, 3.63) is 29.3 Å². The summed E-state index contributed by atoms with van der Waals surface area (Å²) in [6.07, 6.45) is 1.91. The van der Waals surface area contributed by atoms with E-state index in [9.17, 15) is 9.59 Å². The molecule has 0 unspecified atom stereocenters. The standard InChI is InChI=1S/C15H21N3O2/c1-3-16-14(19)11-6-7-12(10(2)9-11)18-15(20)13-5-4-8-17-13/h6-7,9,13,17H,3-5,8H2,1-2H3,(H,16,19)(H,18,20)/t13-/m1/s1. The number of benzene rings is 1. The van der Waals surface area contributed by atoms with E-state index in [0.29, 0.717) is 12.1 Å². The van der Waals surface area contributed by atoms with Gasteiger partial charge in [-0.05, 0) is 57.0 Å². The molecule has 0 spiro atoms. The second-order valence-electron chi connectivity index (χ2n) is 5.03. The second-order valence-corrected chi connectivity index (χ2v) is 5.03. The number of anilines is 1. The van der Waals surface area contributed by atoms with Crippen molar-refractivity contribution in [3.63, 3.8) is 0 Å². The lowest BCUT2D eigenvalue weighted by atomic mass is 10.1. The average Bonchev–Trinajstić information content (AvgIpc) is 2.95. The molecule has 0 aromatic heterocycles. The van der Waals surface area contributed by atoms with Gasteiger partial charge in [-0.2, -0.15) is 0 Å². The highest BCUT2D eigenvalue weighted by Gasteiger charge is 2.22. The van der Waals surface area contributed by atoms with E-state index in [2.05, 4.69) is 16.0 Å². The van der Waals surface area contributed by atoms with Crippen molar-refractivity contribution in [2.75, 3.05) is 18.4 Å². The molecule has 1 fully saturated rings. The molecule has 5 nitrogen and oxygen atoms in total. The lowest BCUT2D eigenvalue weighted by Crippen LogP contribution is -2.35. The molecule has 1 heterocycles. The molecular weight excluding hydrogens is 254 g/mol. The highest BCUT2D eigenvalue weighted by Crippen LogP contribution is 2.18. The number of amides is 2. The van der Waals surface area contributed by atoms with Crippen LogP contribution in [0.3, 0.4) is 0 Å². The van der Waals surface area contributed by atoms with Gasteiger partial charge in [-0.1, -0.05) is 0 Å². The zero-order valence-electron chi connectivity index (χ0n) is 12.0. The Morgan fingerprint density at radius 2 is 2.20 bits per heavy atom. The molecule has 108 valence electrons. The Hall–Kier alpha value is -1.88. The summed E-state index contributed by atoms with van der Waals surface area (Å²) in [6, 6.07) is 5.21. The lowest BCUT2D eigenvalue weighted by molar-refractivity contribution is -0.117. The van der Waals surface area contributed by atoms with Crippen molar-refractivity contribution in [1.29, 1.82) is 0 Å². The predicted molar refractivity (Wildman–Crippen MR) is 78.8 cm³/mol. The van der Waals surface area contributed by atoms with Crippen LogP contribution in [0.25, 0.3) is 0 Å². The summed E-state index contributed by atoms with van der Waals surface area (Å²) in [5, 5.41) is 8.84. The highest BCUT2D eigenvalue weighted by atomic mass is 16.2. The van der Waals surface area contributed by atoms with Crippen molar-refractivity contribution in [2.24, 2.45) is 0 Å². The number of hydrogen-bond donors (Lipinski definition) is 3. The van der Waals surface area contributed by atoms with Gasteiger partial charge in [-0.3, -0.25) is 9.59 Å². The second kappa shape index (κ2) is 6.52.